The molecule has 1 aliphatic rings. The third-order valence-corrected chi connectivity index (χ3v) is 2.62. The number of para-hydroxylation sites is 1. The third-order valence-electron chi connectivity index (χ3n) is 2.62. The van der Waals surface area contributed by atoms with Crippen molar-refractivity contribution in [2.75, 3.05) is 11.4 Å². The number of rotatable bonds is 3. The first-order chi connectivity index (χ1) is 7.59. The Bertz CT molecular complexity index is 445. The monoisotopic (exact) mass is 220 g/mol. The zero-order chi connectivity index (χ0) is 11.7. The lowest BCUT2D eigenvalue weighted by atomic mass is 10.2. The molecule has 0 spiro atoms. The topological polar surface area (TPSA) is 83.6 Å². The number of hydrogen-bond donors (Lipinski definition) is 2. The molecule has 84 valence electrons. The molecule has 0 fully saturated rings. The van der Waals surface area contributed by atoms with E-state index in [9.17, 15) is 9.59 Å². The molecular formula is C11H12N2O3. The van der Waals surface area contributed by atoms with Gasteiger partial charge < -0.3 is 15.7 Å². The van der Waals surface area contributed by atoms with E-state index >= 15 is 0 Å². The minimum absolute atomic E-state index is 0.0190. The van der Waals surface area contributed by atoms with E-state index in [0.717, 1.165) is 11.3 Å². The lowest BCUT2D eigenvalue weighted by molar-refractivity contribution is -0.138. The second-order valence-electron chi connectivity index (χ2n) is 3.75. The van der Waals surface area contributed by atoms with Gasteiger partial charge in [-0.25, -0.2) is 0 Å². The van der Waals surface area contributed by atoms with Gasteiger partial charge in [0.25, 0.3) is 0 Å². The average Bonchev–Trinajstić information content (AvgIpc) is 2.55. The van der Waals surface area contributed by atoms with Gasteiger partial charge in [-0.3, -0.25) is 9.59 Å². The van der Waals surface area contributed by atoms with Crippen molar-refractivity contribution < 1.29 is 14.7 Å². The number of anilines is 1. The minimum atomic E-state index is -1.10. The van der Waals surface area contributed by atoms with Crippen molar-refractivity contribution in [3.8, 4) is 0 Å². The largest absolute Gasteiger partial charge is 0.480 e. The molecule has 1 amide bonds. The molecule has 16 heavy (non-hydrogen) atoms. The molecule has 1 aromatic rings. The number of carbonyl (C=O) groups is 2. The molecule has 1 unspecified atom stereocenters. The Kier molecular flexibility index (Phi) is 2.62. The number of carboxylic acids is 1. The molecule has 1 atom stereocenters. The van der Waals surface area contributed by atoms with Gasteiger partial charge in [0.15, 0.2) is 0 Å². The fraction of sp³-hybridized carbons (Fsp3) is 0.273. The van der Waals surface area contributed by atoms with Crippen LogP contribution in [-0.2, 0) is 16.0 Å². The lowest BCUT2D eigenvalue weighted by Crippen LogP contribution is -2.44. The summed E-state index contributed by atoms with van der Waals surface area (Å²) in [6.07, 6.45) is 0.322. The maximum atomic E-state index is 11.7. The van der Waals surface area contributed by atoms with E-state index in [-0.39, 0.29) is 12.5 Å². The standard InChI is InChI=1S/C11H12N2O3/c12-8(11(15)16)6-13-9-4-2-1-3-7(9)5-10(13)14/h1-4,8H,5-6,12H2,(H,15,16). The van der Waals surface area contributed by atoms with Crippen LogP contribution in [0.3, 0.4) is 0 Å². The summed E-state index contributed by atoms with van der Waals surface area (Å²) in [6, 6.07) is 6.28. The molecule has 5 heteroatoms. The number of fused-ring (bicyclic) bond motifs is 1. The first-order valence-electron chi connectivity index (χ1n) is 4.96. The van der Waals surface area contributed by atoms with Crippen LogP contribution in [0, 0.1) is 0 Å². The summed E-state index contributed by atoms with van der Waals surface area (Å²) in [5.74, 6) is -1.20. The summed E-state index contributed by atoms with van der Waals surface area (Å²) in [7, 11) is 0. The normalized spacial score (nSPS) is 16.1. The number of benzene rings is 1. The maximum absolute atomic E-state index is 11.7. The number of nitrogens with zero attached hydrogens (tertiary/aromatic N) is 1. The van der Waals surface area contributed by atoms with E-state index in [1.54, 1.807) is 6.07 Å². The zero-order valence-electron chi connectivity index (χ0n) is 8.59. The van der Waals surface area contributed by atoms with E-state index in [1.165, 1.54) is 4.90 Å². The quantitative estimate of drug-likeness (QED) is 0.750. The molecule has 0 radical (unpaired) electrons. The summed E-state index contributed by atoms with van der Waals surface area (Å²) in [6.45, 7) is 0.0190. The molecule has 3 N–H and O–H groups in total. The van der Waals surface area contributed by atoms with Crippen molar-refractivity contribution in [3.05, 3.63) is 29.8 Å². The van der Waals surface area contributed by atoms with Gasteiger partial charge >= 0.3 is 5.97 Å². The number of hydrogen-bond acceptors (Lipinski definition) is 3. The van der Waals surface area contributed by atoms with E-state index in [2.05, 4.69) is 0 Å². The highest BCUT2D eigenvalue weighted by Gasteiger charge is 2.29. The molecule has 1 aromatic carbocycles. The van der Waals surface area contributed by atoms with Crippen LogP contribution in [0.15, 0.2) is 24.3 Å². The number of carbonyl (C=O) groups excluding carboxylic acids is 1. The van der Waals surface area contributed by atoms with Crippen LogP contribution in [0.25, 0.3) is 0 Å². The first kappa shape index (κ1) is 10.6. The van der Waals surface area contributed by atoms with Gasteiger partial charge in [0.1, 0.15) is 6.04 Å². The Balaban J connectivity index is 2.22. The summed E-state index contributed by atoms with van der Waals surface area (Å²) >= 11 is 0. The number of carboxylic acid groups (broad SMARTS) is 1. The molecule has 0 aliphatic carbocycles. The summed E-state index contributed by atoms with van der Waals surface area (Å²) in [5.41, 5.74) is 7.11. The fourth-order valence-electron chi connectivity index (χ4n) is 1.79. The van der Waals surface area contributed by atoms with Gasteiger partial charge in [0, 0.05) is 5.69 Å². The van der Waals surface area contributed by atoms with Crippen LogP contribution >= 0.6 is 0 Å². The smallest absolute Gasteiger partial charge is 0.322 e. The van der Waals surface area contributed by atoms with Crippen molar-refractivity contribution in [1.29, 1.82) is 0 Å². The highest BCUT2D eigenvalue weighted by Crippen LogP contribution is 2.28. The predicted octanol–water partition coefficient (Wildman–Crippen LogP) is -0.0124. The Morgan fingerprint density at radius 1 is 1.50 bits per heavy atom. The third kappa shape index (κ3) is 1.77. The molecule has 0 saturated heterocycles. The summed E-state index contributed by atoms with van der Waals surface area (Å²) in [5, 5.41) is 8.71. The van der Waals surface area contributed by atoms with Gasteiger partial charge in [-0.1, -0.05) is 18.2 Å². The van der Waals surface area contributed by atoms with Crippen molar-refractivity contribution in [2.24, 2.45) is 5.73 Å². The molecule has 0 bridgehead atoms. The minimum Gasteiger partial charge on any atom is -0.480 e. The SMILES string of the molecule is NC(CN1C(=O)Cc2ccccc21)C(=O)O. The molecule has 0 aromatic heterocycles. The summed E-state index contributed by atoms with van der Waals surface area (Å²) < 4.78 is 0. The highest BCUT2D eigenvalue weighted by molar-refractivity contribution is 6.01. The van der Waals surface area contributed by atoms with E-state index < -0.39 is 12.0 Å². The summed E-state index contributed by atoms with van der Waals surface area (Å²) in [4.78, 5) is 23.7. The van der Waals surface area contributed by atoms with E-state index in [4.69, 9.17) is 10.8 Å². The molecule has 2 rings (SSSR count). The van der Waals surface area contributed by atoms with Crippen molar-refractivity contribution >= 4 is 17.6 Å². The Hall–Kier alpha value is -1.88. The molecule has 1 aliphatic heterocycles. The Morgan fingerprint density at radius 2 is 2.19 bits per heavy atom. The predicted molar refractivity (Wildman–Crippen MR) is 58.1 cm³/mol. The molecule has 1 heterocycles. The van der Waals surface area contributed by atoms with Crippen LogP contribution in [-0.4, -0.2) is 29.6 Å². The molecular weight excluding hydrogens is 208 g/mol. The lowest BCUT2D eigenvalue weighted by Gasteiger charge is -2.19. The molecule has 0 saturated carbocycles. The fourth-order valence-corrected chi connectivity index (χ4v) is 1.79. The van der Waals surface area contributed by atoms with Crippen LogP contribution in [0.4, 0.5) is 5.69 Å². The van der Waals surface area contributed by atoms with E-state index in [1.807, 2.05) is 18.2 Å². The van der Waals surface area contributed by atoms with Gasteiger partial charge in [-0.05, 0) is 11.6 Å². The Morgan fingerprint density at radius 3 is 2.88 bits per heavy atom. The van der Waals surface area contributed by atoms with Crippen molar-refractivity contribution in [2.45, 2.75) is 12.5 Å². The van der Waals surface area contributed by atoms with Gasteiger partial charge in [-0.2, -0.15) is 0 Å². The van der Waals surface area contributed by atoms with Crippen LogP contribution in [0.2, 0.25) is 0 Å². The maximum Gasteiger partial charge on any atom is 0.322 e. The van der Waals surface area contributed by atoms with Crippen LogP contribution in [0.5, 0.6) is 0 Å². The average molecular weight is 220 g/mol. The van der Waals surface area contributed by atoms with Gasteiger partial charge in [0.05, 0.1) is 13.0 Å². The second kappa shape index (κ2) is 3.94. The van der Waals surface area contributed by atoms with Gasteiger partial charge in [0.2, 0.25) is 5.91 Å². The van der Waals surface area contributed by atoms with Crippen LogP contribution < -0.4 is 10.6 Å². The number of nitrogens with two attached hydrogens (primary N) is 1. The van der Waals surface area contributed by atoms with Gasteiger partial charge in [-0.15, -0.1) is 0 Å². The van der Waals surface area contributed by atoms with Crippen molar-refractivity contribution in [3.63, 3.8) is 0 Å². The number of amides is 1. The second-order valence-corrected chi connectivity index (χ2v) is 3.75. The van der Waals surface area contributed by atoms with E-state index in [0.29, 0.717) is 6.42 Å². The van der Waals surface area contributed by atoms with Crippen LogP contribution in [0.1, 0.15) is 5.56 Å². The first-order valence-corrected chi connectivity index (χ1v) is 4.96. The molecule has 5 nitrogen and oxygen atoms in total. The Labute approximate surface area is 92.5 Å². The number of aliphatic carboxylic acids is 1. The zero-order valence-corrected chi connectivity index (χ0v) is 8.59. The van der Waals surface area contributed by atoms with Crippen molar-refractivity contribution in [1.82, 2.24) is 0 Å². The highest BCUT2D eigenvalue weighted by atomic mass is 16.4.